The van der Waals surface area contributed by atoms with Gasteiger partial charge >= 0.3 is 0 Å². The van der Waals surface area contributed by atoms with Crippen molar-refractivity contribution in [1.82, 2.24) is 25.1 Å². The van der Waals surface area contributed by atoms with E-state index in [2.05, 4.69) is 39.0 Å². The summed E-state index contributed by atoms with van der Waals surface area (Å²) in [6, 6.07) is 4.52. The summed E-state index contributed by atoms with van der Waals surface area (Å²) in [5, 5.41) is 8.44. The molecule has 152 valence electrons. The average molecular weight is 466 g/mol. The normalized spacial score (nSPS) is 11.6. The SMILES string of the molecule is CC(C)NCCn1ncc2c(NS(=O)(=O)c3ccc(Cl)cc3Cl)ncnc21.Cl. The Morgan fingerprint density at radius 1 is 1.21 bits per heavy atom. The van der Waals surface area contributed by atoms with Crippen LogP contribution in [0.25, 0.3) is 11.0 Å². The molecule has 0 fully saturated rings. The third-order valence-corrected chi connectivity index (χ3v) is 5.78. The molecule has 8 nitrogen and oxygen atoms in total. The lowest BCUT2D eigenvalue weighted by Gasteiger charge is -2.10. The van der Waals surface area contributed by atoms with E-state index in [9.17, 15) is 8.42 Å². The molecule has 2 aromatic heterocycles. The Bertz CT molecular complexity index is 1070. The first-order chi connectivity index (χ1) is 12.8. The van der Waals surface area contributed by atoms with E-state index in [-0.39, 0.29) is 28.1 Å². The van der Waals surface area contributed by atoms with Gasteiger partial charge in [0.25, 0.3) is 10.0 Å². The van der Waals surface area contributed by atoms with Crippen molar-refractivity contribution in [2.45, 2.75) is 31.3 Å². The van der Waals surface area contributed by atoms with Crippen LogP contribution in [-0.4, -0.2) is 40.8 Å². The summed E-state index contributed by atoms with van der Waals surface area (Å²) in [5.74, 6) is 0.133. The van der Waals surface area contributed by atoms with Crippen LogP contribution in [0.3, 0.4) is 0 Å². The zero-order chi connectivity index (χ0) is 19.6. The molecule has 2 N–H and O–H groups in total. The van der Waals surface area contributed by atoms with Gasteiger partial charge in [0.2, 0.25) is 0 Å². The van der Waals surface area contributed by atoms with E-state index in [0.29, 0.717) is 35.2 Å². The van der Waals surface area contributed by atoms with Crippen molar-refractivity contribution < 1.29 is 8.42 Å². The Labute approximate surface area is 179 Å². The number of nitrogens with zero attached hydrogens (tertiary/aromatic N) is 4. The average Bonchev–Trinajstić information content (AvgIpc) is 2.98. The van der Waals surface area contributed by atoms with Gasteiger partial charge in [-0.1, -0.05) is 37.0 Å². The molecule has 3 rings (SSSR count). The van der Waals surface area contributed by atoms with E-state index in [4.69, 9.17) is 23.2 Å². The van der Waals surface area contributed by atoms with Crippen LogP contribution in [0.2, 0.25) is 10.0 Å². The highest BCUT2D eigenvalue weighted by molar-refractivity contribution is 7.92. The van der Waals surface area contributed by atoms with Crippen LogP contribution >= 0.6 is 35.6 Å². The molecule has 0 saturated carbocycles. The number of sulfonamides is 1. The van der Waals surface area contributed by atoms with Crippen molar-refractivity contribution in [1.29, 1.82) is 0 Å². The maximum atomic E-state index is 12.7. The largest absolute Gasteiger partial charge is 0.313 e. The van der Waals surface area contributed by atoms with Crippen LogP contribution in [0.15, 0.2) is 35.6 Å². The van der Waals surface area contributed by atoms with E-state index in [1.54, 1.807) is 4.68 Å². The molecule has 28 heavy (non-hydrogen) atoms. The maximum Gasteiger partial charge on any atom is 0.264 e. The minimum atomic E-state index is -3.95. The molecule has 0 atom stereocenters. The van der Waals surface area contributed by atoms with E-state index >= 15 is 0 Å². The highest BCUT2D eigenvalue weighted by atomic mass is 35.5. The van der Waals surface area contributed by atoms with Gasteiger partial charge in [0.15, 0.2) is 11.5 Å². The second-order valence-electron chi connectivity index (χ2n) is 6.12. The molecule has 0 bridgehead atoms. The second-order valence-corrected chi connectivity index (χ2v) is 8.61. The summed E-state index contributed by atoms with van der Waals surface area (Å²) in [6.45, 7) is 5.41. The predicted octanol–water partition coefficient (Wildman–Crippen LogP) is 3.35. The van der Waals surface area contributed by atoms with Crippen LogP contribution in [0.1, 0.15) is 13.8 Å². The Balaban J connectivity index is 0.00000280. The van der Waals surface area contributed by atoms with Gasteiger partial charge in [-0.2, -0.15) is 5.10 Å². The third kappa shape index (κ3) is 5.03. The quantitative estimate of drug-likeness (QED) is 0.555. The number of nitrogens with one attached hydrogen (secondary N) is 2. The van der Waals surface area contributed by atoms with Crippen molar-refractivity contribution in [2.24, 2.45) is 0 Å². The number of rotatable bonds is 7. The Kier molecular flexibility index (Phi) is 7.46. The van der Waals surface area contributed by atoms with Gasteiger partial charge in [-0.05, 0) is 18.2 Å². The van der Waals surface area contributed by atoms with Gasteiger partial charge in [-0.25, -0.2) is 23.1 Å². The van der Waals surface area contributed by atoms with Gasteiger partial charge in [-0.15, -0.1) is 12.4 Å². The van der Waals surface area contributed by atoms with Crippen molar-refractivity contribution in [3.63, 3.8) is 0 Å². The zero-order valence-corrected chi connectivity index (χ0v) is 18.2. The first-order valence-electron chi connectivity index (χ1n) is 8.15. The molecule has 3 aromatic rings. The molecule has 2 heterocycles. The lowest BCUT2D eigenvalue weighted by molar-refractivity contribution is 0.522. The van der Waals surface area contributed by atoms with Crippen LogP contribution in [0.5, 0.6) is 0 Å². The molecule has 0 aliphatic carbocycles. The lowest BCUT2D eigenvalue weighted by Crippen LogP contribution is -2.27. The summed E-state index contributed by atoms with van der Waals surface area (Å²) in [6.07, 6.45) is 2.82. The number of benzene rings is 1. The summed E-state index contributed by atoms with van der Waals surface area (Å²) >= 11 is 11.9. The Morgan fingerprint density at radius 2 is 1.96 bits per heavy atom. The molecule has 0 spiro atoms. The number of hydrogen-bond donors (Lipinski definition) is 2. The van der Waals surface area contributed by atoms with Gasteiger partial charge < -0.3 is 5.32 Å². The Hall–Kier alpha value is -1.65. The van der Waals surface area contributed by atoms with Crippen molar-refractivity contribution in [2.75, 3.05) is 11.3 Å². The fourth-order valence-corrected chi connectivity index (χ4v) is 4.28. The number of halogens is 3. The monoisotopic (exact) mass is 464 g/mol. The van der Waals surface area contributed by atoms with Gasteiger partial charge in [-0.3, -0.25) is 4.72 Å². The lowest BCUT2D eigenvalue weighted by atomic mass is 10.4. The zero-order valence-electron chi connectivity index (χ0n) is 15.1. The summed E-state index contributed by atoms with van der Waals surface area (Å²) in [7, 11) is -3.95. The summed E-state index contributed by atoms with van der Waals surface area (Å²) in [5.41, 5.74) is 0.537. The van der Waals surface area contributed by atoms with Gasteiger partial charge in [0.1, 0.15) is 11.2 Å². The number of aromatic nitrogens is 4. The molecule has 0 radical (unpaired) electrons. The smallest absolute Gasteiger partial charge is 0.264 e. The molecular weight excluding hydrogens is 447 g/mol. The summed E-state index contributed by atoms with van der Waals surface area (Å²) < 4.78 is 29.5. The minimum absolute atomic E-state index is 0. The number of hydrogen-bond acceptors (Lipinski definition) is 6. The van der Waals surface area contributed by atoms with Crippen LogP contribution in [0.4, 0.5) is 5.82 Å². The first kappa shape index (κ1) is 22.6. The van der Waals surface area contributed by atoms with Crippen LogP contribution in [0, 0.1) is 0 Å². The minimum Gasteiger partial charge on any atom is -0.313 e. The van der Waals surface area contributed by atoms with E-state index in [1.165, 1.54) is 30.7 Å². The number of anilines is 1. The molecule has 0 aliphatic rings. The van der Waals surface area contributed by atoms with Gasteiger partial charge in [0, 0.05) is 17.6 Å². The molecule has 0 amide bonds. The summed E-state index contributed by atoms with van der Waals surface area (Å²) in [4.78, 5) is 8.17. The van der Waals surface area contributed by atoms with E-state index in [1.807, 2.05) is 0 Å². The highest BCUT2D eigenvalue weighted by Gasteiger charge is 2.21. The molecule has 12 heteroatoms. The van der Waals surface area contributed by atoms with Crippen molar-refractivity contribution >= 4 is 62.5 Å². The fraction of sp³-hybridized carbons (Fsp3) is 0.312. The topological polar surface area (TPSA) is 102 Å². The molecular formula is C16H19Cl3N6O2S. The Morgan fingerprint density at radius 3 is 2.64 bits per heavy atom. The predicted molar refractivity (Wildman–Crippen MR) is 113 cm³/mol. The maximum absolute atomic E-state index is 12.7. The standard InChI is InChI=1S/C16H18Cl2N6O2S.ClH/c1-10(2)19-5-6-24-16-12(8-22-24)15(20-9-21-16)23-27(25,26)14-4-3-11(17)7-13(14)18;/h3-4,7-10,19H,5-6H2,1-2H3,(H,20,21,23);1H. The van der Waals surface area contributed by atoms with Crippen LogP contribution in [-0.2, 0) is 16.6 Å². The molecule has 0 unspecified atom stereocenters. The molecule has 0 saturated heterocycles. The van der Waals surface area contributed by atoms with Crippen LogP contribution < -0.4 is 10.0 Å². The van der Waals surface area contributed by atoms with Crippen molar-refractivity contribution in [3.8, 4) is 0 Å². The molecule has 0 aliphatic heterocycles. The van der Waals surface area contributed by atoms with Gasteiger partial charge in [0.05, 0.1) is 23.2 Å². The first-order valence-corrected chi connectivity index (χ1v) is 10.4. The highest BCUT2D eigenvalue weighted by Crippen LogP contribution is 2.28. The van der Waals surface area contributed by atoms with E-state index < -0.39 is 10.0 Å². The van der Waals surface area contributed by atoms with Crippen molar-refractivity contribution in [3.05, 3.63) is 40.8 Å². The fourth-order valence-electron chi connectivity index (χ4n) is 2.47. The number of fused-ring (bicyclic) bond motifs is 1. The van der Waals surface area contributed by atoms with E-state index in [0.717, 1.165) is 0 Å². The molecule has 1 aromatic carbocycles. The third-order valence-electron chi connectivity index (χ3n) is 3.72. The second kappa shape index (κ2) is 9.23.